The van der Waals surface area contributed by atoms with Crippen LogP contribution in [0.25, 0.3) is 0 Å². The summed E-state index contributed by atoms with van der Waals surface area (Å²) in [6, 6.07) is 2.48. The van der Waals surface area contributed by atoms with Crippen molar-refractivity contribution in [1.29, 1.82) is 0 Å². The highest BCUT2D eigenvalue weighted by Gasteiger charge is 2.17. The van der Waals surface area contributed by atoms with Crippen LogP contribution in [0, 0.1) is 0 Å². The summed E-state index contributed by atoms with van der Waals surface area (Å²) in [6.45, 7) is 2.55. The van der Waals surface area contributed by atoms with Crippen molar-refractivity contribution in [3.8, 4) is 0 Å². The molecular formula is C8H12N2OS. The predicted octanol–water partition coefficient (Wildman–Crippen LogP) is 0.819. The molecule has 2 rings (SSSR count). The molecule has 0 aromatic carbocycles. The molecule has 66 valence electrons. The summed E-state index contributed by atoms with van der Waals surface area (Å²) in [7, 11) is 0. The first-order valence-corrected chi connectivity index (χ1v) is 4.87. The van der Waals surface area contributed by atoms with E-state index in [-0.39, 0.29) is 0 Å². The lowest BCUT2D eigenvalue weighted by molar-refractivity contribution is -0.00565. The molecule has 1 aliphatic rings. The van der Waals surface area contributed by atoms with Gasteiger partial charge in [-0.3, -0.25) is 0 Å². The molecule has 0 spiro atoms. The highest BCUT2D eigenvalue weighted by atomic mass is 32.1. The molecule has 3 nitrogen and oxygen atoms in total. The first-order chi connectivity index (χ1) is 5.86. The summed E-state index contributed by atoms with van der Waals surface area (Å²) >= 11 is 1.70. The van der Waals surface area contributed by atoms with E-state index in [2.05, 4.69) is 5.32 Å². The molecule has 0 saturated carbocycles. The number of hydrogen-bond acceptors (Lipinski definition) is 4. The van der Waals surface area contributed by atoms with Crippen LogP contribution in [-0.4, -0.2) is 19.3 Å². The van der Waals surface area contributed by atoms with Crippen LogP contribution in [0.15, 0.2) is 11.4 Å². The third kappa shape index (κ3) is 1.60. The third-order valence-corrected chi connectivity index (χ3v) is 2.91. The lowest BCUT2D eigenvalue weighted by Crippen LogP contribution is -2.45. The summed E-state index contributed by atoms with van der Waals surface area (Å²) in [6.07, 6.45) is 0. The van der Waals surface area contributed by atoms with Crippen molar-refractivity contribution in [3.63, 3.8) is 0 Å². The lowest BCUT2D eigenvalue weighted by Gasteiger charge is -2.26. The van der Waals surface area contributed by atoms with Gasteiger partial charge in [0.1, 0.15) is 0 Å². The predicted molar refractivity (Wildman–Crippen MR) is 50.2 cm³/mol. The number of ether oxygens (including phenoxy) is 1. The number of nitrogens with two attached hydrogens (primary N) is 1. The molecular weight excluding hydrogens is 172 g/mol. The van der Waals surface area contributed by atoms with Crippen molar-refractivity contribution < 1.29 is 4.74 Å². The van der Waals surface area contributed by atoms with Crippen LogP contribution >= 0.6 is 11.3 Å². The zero-order valence-electron chi connectivity index (χ0n) is 6.75. The molecule has 0 amide bonds. The number of rotatable bonds is 3. The van der Waals surface area contributed by atoms with E-state index in [0.717, 1.165) is 25.4 Å². The fourth-order valence-corrected chi connectivity index (χ4v) is 1.83. The summed E-state index contributed by atoms with van der Waals surface area (Å²) in [5, 5.41) is 5.39. The van der Waals surface area contributed by atoms with Crippen LogP contribution in [0.1, 0.15) is 4.88 Å². The molecule has 0 aliphatic carbocycles. The Balaban J connectivity index is 1.82. The summed E-state index contributed by atoms with van der Waals surface area (Å²) in [5.41, 5.74) is 6.62. The number of thiophene rings is 1. The van der Waals surface area contributed by atoms with E-state index < -0.39 is 0 Å². The molecule has 3 N–H and O–H groups in total. The number of nitrogen functional groups attached to an aromatic ring is 1. The van der Waals surface area contributed by atoms with Crippen LogP contribution in [0.3, 0.4) is 0 Å². The quantitative estimate of drug-likeness (QED) is 0.731. The summed E-state index contributed by atoms with van der Waals surface area (Å²) in [4.78, 5) is 1.22. The minimum atomic E-state index is 0.534. The topological polar surface area (TPSA) is 47.3 Å². The van der Waals surface area contributed by atoms with Gasteiger partial charge in [-0.05, 0) is 11.4 Å². The van der Waals surface area contributed by atoms with Gasteiger partial charge < -0.3 is 15.8 Å². The molecule has 0 atom stereocenters. The normalized spacial score (nSPS) is 17.7. The smallest absolute Gasteiger partial charge is 0.0643 e. The molecule has 2 heterocycles. The minimum Gasteiger partial charge on any atom is -0.398 e. The number of hydrogen-bond donors (Lipinski definition) is 2. The Bertz CT molecular complexity index is 257. The Morgan fingerprint density at radius 2 is 2.50 bits per heavy atom. The van der Waals surface area contributed by atoms with Gasteiger partial charge in [-0.2, -0.15) is 0 Å². The second kappa shape index (κ2) is 3.43. The first-order valence-electron chi connectivity index (χ1n) is 3.99. The summed E-state index contributed by atoms with van der Waals surface area (Å²) in [5.74, 6) is 0. The maximum atomic E-state index is 5.73. The van der Waals surface area contributed by atoms with E-state index >= 15 is 0 Å². The van der Waals surface area contributed by atoms with Gasteiger partial charge in [0.2, 0.25) is 0 Å². The fraction of sp³-hybridized carbons (Fsp3) is 0.500. The van der Waals surface area contributed by atoms with Crippen LogP contribution in [0.4, 0.5) is 5.69 Å². The highest BCUT2D eigenvalue weighted by molar-refractivity contribution is 7.10. The van der Waals surface area contributed by atoms with Gasteiger partial charge in [0.15, 0.2) is 0 Å². The molecule has 1 aromatic rings. The van der Waals surface area contributed by atoms with Gasteiger partial charge >= 0.3 is 0 Å². The molecule has 12 heavy (non-hydrogen) atoms. The maximum absolute atomic E-state index is 5.73. The number of anilines is 1. The maximum Gasteiger partial charge on any atom is 0.0643 e. The van der Waals surface area contributed by atoms with Gasteiger partial charge in [-0.1, -0.05) is 0 Å². The molecule has 1 aromatic heterocycles. The van der Waals surface area contributed by atoms with E-state index in [0.29, 0.717) is 6.04 Å². The van der Waals surface area contributed by atoms with E-state index in [1.54, 1.807) is 11.3 Å². The zero-order chi connectivity index (χ0) is 8.39. The first kappa shape index (κ1) is 8.04. The van der Waals surface area contributed by atoms with Crippen molar-refractivity contribution >= 4 is 17.0 Å². The monoisotopic (exact) mass is 184 g/mol. The molecule has 0 radical (unpaired) electrons. The molecule has 1 aliphatic heterocycles. The average molecular weight is 184 g/mol. The van der Waals surface area contributed by atoms with Gasteiger partial charge in [-0.15, -0.1) is 11.3 Å². The van der Waals surface area contributed by atoms with Crippen LogP contribution in [0.2, 0.25) is 0 Å². The van der Waals surface area contributed by atoms with Crippen molar-refractivity contribution in [1.82, 2.24) is 5.32 Å². The highest BCUT2D eigenvalue weighted by Crippen LogP contribution is 2.18. The Morgan fingerprint density at radius 1 is 1.67 bits per heavy atom. The van der Waals surface area contributed by atoms with Crippen LogP contribution in [0.5, 0.6) is 0 Å². The molecule has 0 unspecified atom stereocenters. The number of nitrogens with one attached hydrogen (secondary N) is 1. The van der Waals surface area contributed by atoms with E-state index in [1.165, 1.54) is 4.88 Å². The van der Waals surface area contributed by atoms with E-state index in [9.17, 15) is 0 Å². The standard InChI is InChI=1S/C8H12N2OS/c9-7-1-2-12-8(7)3-10-6-4-11-5-6/h1-2,6,10H,3-5,9H2. The van der Waals surface area contributed by atoms with Gasteiger partial charge in [0.25, 0.3) is 0 Å². The second-order valence-electron chi connectivity index (χ2n) is 2.91. The van der Waals surface area contributed by atoms with E-state index in [4.69, 9.17) is 10.5 Å². The molecule has 1 fully saturated rings. The largest absolute Gasteiger partial charge is 0.398 e. The van der Waals surface area contributed by atoms with Gasteiger partial charge in [0.05, 0.1) is 19.3 Å². The van der Waals surface area contributed by atoms with Crippen molar-refractivity contribution in [2.24, 2.45) is 0 Å². The lowest BCUT2D eigenvalue weighted by atomic mass is 10.2. The van der Waals surface area contributed by atoms with Gasteiger partial charge in [0, 0.05) is 17.1 Å². The SMILES string of the molecule is Nc1ccsc1CNC1COC1. The fourth-order valence-electron chi connectivity index (χ4n) is 1.08. The van der Waals surface area contributed by atoms with Crippen molar-refractivity contribution in [3.05, 3.63) is 16.3 Å². The molecule has 4 heteroatoms. The molecule has 1 saturated heterocycles. The van der Waals surface area contributed by atoms with Crippen LogP contribution in [-0.2, 0) is 11.3 Å². The van der Waals surface area contributed by atoms with Crippen molar-refractivity contribution in [2.45, 2.75) is 12.6 Å². The average Bonchev–Trinajstić information content (AvgIpc) is 2.33. The Kier molecular flexibility index (Phi) is 2.30. The second-order valence-corrected chi connectivity index (χ2v) is 3.92. The van der Waals surface area contributed by atoms with Crippen LogP contribution < -0.4 is 11.1 Å². The Hall–Kier alpha value is -0.580. The summed E-state index contributed by atoms with van der Waals surface area (Å²) < 4.78 is 5.04. The third-order valence-electron chi connectivity index (χ3n) is 1.97. The molecule has 0 bridgehead atoms. The zero-order valence-corrected chi connectivity index (χ0v) is 7.56. The Morgan fingerprint density at radius 3 is 3.00 bits per heavy atom. The Labute approximate surface area is 75.5 Å². The van der Waals surface area contributed by atoms with Gasteiger partial charge in [-0.25, -0.2) is 0 Å². The minimum absolute atomic E-state index is 0.534. The van der Waals surface area contributed by atoms with E-state index in [1.807, 2.05) is 11.4 Å². The van der Waals surface area contributed by atoms with Crippen molar-refractivity contribution in [2.75, 3.05) is 18.9 Å².